The largest absolute Gasteiger partial charge is 0.456 e. The Kier molecular flexibility index (Phi) is 10.5. The second kappa shape index (κ2) is 14.1. The van der Waals surface area contributed by atoms with Gasteiger partial charge in [0.05, 0.1) is 30.4 Å². The highest BCUT2D eigenvalue weighted by molar-refractivity contribution is 6.76. The first-order chi connectivity index (χ1) is 22.6. The van der Waals surface area contributed by atoms with E-state index in [0.29, 0.717) is 47.9 Å². The molecule has 1 saturated carbocycles. The highest BCUT2D eigenvalue weighted by atomic mass is 35.5. The van der Waals surface area contributed by atoms with Crippen molar-refractivity contribution in [2.24, 2.45) is 0 Å². The molecule has 0 amide bonds. The first-order valence-electron chi connectivity index (χ1n) is 17.6. The molecule has 4 heterocycles. The summed E-state index contributed by atoms with van der Waals surface area (Å²) in [6.45, 7) is 20.1. The van der Waals surface area contributed by atoms with E-state index in [4.69, 9.17) is 44.9 Å². The van der Waals surface area contributed by atoms with Crippen molar-refractivity contribution < 1.29 is 28.5 Å². The molecule has 2 aromatic heterocycles. The van der Waals surface area contributed by atoms with Gasteiger partial charge in [-0.25, -0.2) is 4.98 Å². The van der Waals surface area contributed by atoms with Crippen LogP contribution in [0.3, 0.4) is 0 Å². The van der Waals surface area contributed by atoms with Crippen LogP contribution >= 0.6 is 11.6 Å². The Bertz CT molecular complexity index is 1560. The van der Waals surface area contributed by atoms with E-state index in [-0.39, 0.29) is 42.3 Å². The van der Waals surface area contributed by atoms with Crippen molar-refractivity contribution in [3.63, 3.8) is 0 Å². The summed E-state index contributed by atoms with van der Waals surface area (Å²) < 4.78 is 34.1. The molecule has 2 aliphatic heterocycles. The highest BCUT2D eigenvalue weighted by Crippen LogP contribution is 2.42. The third-order valence-corrected chi connectivity index (χ3v) is 17.2. The number of nitrogens with zero attached hydrogens (tertiary/aromatic N) is 3. The van der Waals surface area contributed by atoms with Gasteiger partial charge >= 0.3 is 6.01 Å². The standard InChI is InChI=1S/C36H54ClN3O6Si2/c1-36(2,3)48(7,8)46-29-21-44-32-28(20-43-33(29)32)45-35-39-31-30(25-11-9-23(10-12-25)24-13-15-26(41)16-14-24)27(37)19-38-34(31)40(35)22-42-17-18-47(4,5)6/h9-12,19,24,26,28-29,32-33,41H,13-18,20-22H2,1-8H3/t24?,26?,28-,29-,32-,33-/m1/s1. The van der Waals surface area contributed by atoms with Crippen molar-refractivity contribution in [2.45, 2.75) is 133 Å². The molecule has 1 aromatic carbocycles. The van der Waals surface area contributed by atoms with Gasteiger partial charge in [-0.2, -0.15) is 4.98 Å². The number of hydrogen-bond donors (Lipinski definition) is 1. The molecular weight excluding hydrogens is 662 g/mol. The smallest absolute Gasteiger partial charge is 0.301 e. The van der Waals surface area contributed by atoms with Crippen molar-refractivity contribution in [2.75, 3.05) is 19.8 Å². The fourth-order valence-corrected chi connectivity index (χ4v) is 9.00. The van der Waals surface area contributed by atoms with Gasteiger partial charge in [-0.15, -0.1) is 0 Å². The second-order valence-electron chi connectivity index (χ2n) is 16.6. The Balaban J connectivity index is 1.27. The number of rotatable bonds is 11. The molecule has 48 heavy (non-hydrogen) atoms. The molecule has 0 bridgehead atoms. The number of ether oxygens (including phenoxy) is 4. The van der Waals surface area contributed by atoms with Crippen molar-refractivity contribution >= 4 is 39.2 Å². The van der Waals surface area contributed by atoms with Crippen LogP contribution in [0.4, 0.5) is 0 Å². The van der Waals surface area contributed by atoms with E-state index in [1.54, 1.807) is 6.20 Å². The van der Waals surface area contributed by atoms with E-state index in [1.165, 1.54) is 5.56 Å². The van der Waals surface area contributed by atoms with Crippen LogP contribution in [-0.4, -0.2) is 86.4 Å². The lowest BCUT2D eigenvalue weighted by Gasteiger charge is -2.39. The summed E-state index contributed by atoms with van der Waals surface area (Å²) in [4.78, 5) is 9.79. The first kappa shape index (κ1) is 36.0. The Morgan fingerprint density at radius 1 is 0.958 bits per heavy atom. The number of aromatic nitrogens is 3. The fourth-order valence-electron chi connectivity index (χ4n) is 6.69. The summed E-state index contributed by atoms with van der Waals surface area (Å²) in [5.74, 6) is 0.463. The minimum absolute atomic E-state index is 0.0890. The minimum atomic E-state index is -2.01. The normalized spacial score (nSPS) is 26.7. The lowest BCUT2D eigenvalue weighted by Crippen LogP contribution is -2.47. The SMILES string of the molecule is CC(C)(C)[Si](C)(C)O[C@@H]1CO[C@H]2[C@@H]1OC[C@H]2Oc1nc2c(-c3ccc(C4CCC(O)CC4)cc3)c(Cl)cnc2n1COCC[Si](C)(C)C. The van der Waals surface area contributed by atoms with E-state index in [0.717, 1.165) is 42.9 Å². The van der Waals surface area contributed by atoms with E-state index < -0.39 is 16.4 Å². The molecule has 0 unspecified atom stereocenters. The zero-order chi connectivity index (χ0) is 34.4. The lowest BCUT2D eigenvalue weighted by molar-refractivity contribution is 0.00687. The molecule has 12 heteroatoms. The van der Waals surface area contributed by atoms with Gasteiger partial charge in [0.15, 0.2) is 20.1 Å². The molecule has 264 valence electrons. The van der Waals surface area contributed by atoms with Gasteiger partial charge in [-0.05, 0) is 66.9 Å². The fraction of sp³-hybridized carbons (Fsp3) is 0.667. The van der Waals surface area contributed by atoms with Crippen LogP contribution in [0.2, 0.25) is 48.8 Å². The van der Waals surface area contributed by atoms with Crippen molar-refractivity contribution in [3.8, 4) is 17.1 Å². The summed E-state index contributed by atoms with van der Waals surface area (Å²) in [6, 6.07) is 10.1. The number of benzene rings is 1. The molecule has 3 aromatic rings. The number of pyridine rings is 1. The molecule has 2 saturated heterocycles. The number of aliphatic hydroxyl groups is 1. The van der Waals surface area contributed by atoms with E-state index in [9.17, 15) is 5.11 Å². The zero-order valence-corrected chi connectivity index (χ0v) is 32.7. The average molecular weight is 716 g/mol. The lowest BCUT2D eigenvalue weighted by atomic mass is 9.82. The summed E-state index contributed by atoms with van der Waals surface area (Å²) in [5, 5.41) is 10.6. The van der Waals surface area contributed by atoms with Crippen molar-refractivity contribution in [3.05, 3.63) is 41.0 Å². The number of hydrogen-bond acceptors (Lipinski definition) is 8. The molecule has 1 aliphatic carbocycles. The van der Waals surface area contributed by atoms with Gasteiger partial charge in [-0.3, -0.25) is 4.57 Å². The van der Waals surface area contributed by atoms with Crippen LogP contribution in [0, 0.1) is 0 Å². The van der Waals surface area contributed by atoms with Crippen LogP contribution in [0.15, 0.2) is 30.5 Å². The van der Waals surface area contributed by atoms with Gasteiger partial charge in [-0.1, -0.05) is 76.3 Å². The molecule has 4 atom stereocenters. The van der Waals surface area contributed by atoms with Crippen LogP contribution in [-0.2, 0) is 25.4 Å². The quantitative estimate of drug-likeness (QED) is 0.158. The van der Waals surface area contributed by atoms with Gasteiger partial charge < -0.3 is 28.5 Å². The van der Waals surface area contributed by atoms with E-state index >= 15 is 0 Å². The van der Waals surface area contributed by atoms with Crippen LogP contribution < -0.4 is 4.74 Å². The van der Waals surface area contributed by atoms with Gasteiger partial charge in [0.25, 0.3) is 0 Å². The van der Waals surface area contributed by atoms with E-state index in [1.807, 2.05) is 4.57 Å². The van der Waals surface area contributed by atoms with Gasteiger partial charge in [0, 0.05) is 26.4 Å². The summed E-state index contributed by atoms with van der Waals surface area (Å²) in [5.41, 5.74) is 4.41. The van der Waals surface area contributed by atoms with Crippen LogP contribution in [0.1, 0.15) is 57.9 Å². The Morgan fingerprint density at radius 3 is 2.25 bits per heavy atom. The Morgan fingerprint density at radius 2 is 1.60 bits per heavy atom. The molecule has 1 N–H and O–H groups in total. The topological polar surface area (TPSA) is 97.1 Å². The zero-order valence-electron chi connectivity index (χ0n) is 29.9. The molecule has 9 nitrogen and oxygen atoms in total. The predicted octanol–water partition coefficient (Wildman–Crippen LogP) is 8.02. The molecular formula is C36H54ClN3O6Si2. The Hall–Kier alpha value is -1.84. The Labute approximate surface area is 292 Å². The maximum Gasteiger partial charge on any atom is 0.301 e. The number of halogens is 1. The summed E-state index contributed by atoms with van der Waals surface area (Å²) >= 11 is 6.87. The number of fused-ring (bicyclic) bond motifs is 2. The van der Waals surface area contributed by atoms with E-state index in [2.05, 4.69) is 77.8 Å². The van der Waals surface area contributed by atoms with Crippen LogP contribution in [0.5, 0.6) is 6.01 Å². The minimum Gasteiger partial charge on any atom is -0.456 e. The molecule has 0 radical (unpaired) electrons. The average Bonchev–Trinajstić information content (AvgIpc) is 3.70. The maximum atomic E-state index is 9.97. The predicted molar refractivity (Wildman–Crippen MR) is 195 cm³/mol. The summed E-state index contributed by atoms with van der Waals surface area (Å²) in [6.07, 6.45) is 4.31. The highest BCUT2D eigenvalue weighted by Gasteiger charge is 2.52. The molecule has 3 aliphatic rings. The molecule has 6 rings (SSSR count). The number of imidazole rings is 1. The van der Waals surface area contributed by atoms with Gasteiger partial charge in [0.2, 0.25) is 0 Å². The summed E-state index contributed by atoms with van der Waals surface area (Å²) in [7, 11) is -3.29. The molecule has 3 fully saturated rings. The second-order valence-corrected chi connectivity index (χ2v) is 27.4. The first-order valence-corrected chi connectivity index (χ1v) is 24.6. The van der Waals surface area contributed by atoms with Crippen molar-refractivity contribution in [1.82, 2.24) is 14.5 Å². The van der Waals surface area contributed by atoms with Gasteiger partial charge in [0.1, 0.15) is 24.5 Å². The van der Waals surface area contributed by atoms with Crippen molar-refractivity contribution in [1.29, 1.82) is 0 Å². The third-order valence-electron chi connectivity index (χ3n) is 10.7. The monoisotopic (exact) mass is 715 g/mol. The third kappa shape index (κ3) is 7.73. The van der Waals surface area contributed by atoms with Crippen LogP contribution in [0.25, 0.3) is 22.3 Å². The number of aliphatic hydroxyl groups excluding tert-OH is 1. The maximum absolute atomic E-state index is 9.97. The molecule has 0 spiro atoms.